The Bertz CT molecular complexity index is 492. The van der Waals surface area contributed by atoms with Crippen LogP contribution >= 0.6 is 45.3 Å². The molecule has 0 aliphatic rings. The molecule has 0 fully saturated rings. The maximum Gasteiger partial charge on any atom is 0.258 e. The zero-order valence-corrected chi connectivity index (χ0v) is 11.6. The molecule has 2 aromatic rings. The minimum Gasteiger partial charge on any atom is -0.298 e. The van der Waals surface area contributed by atoms with E-state index < -0.39 is 0 Å². The van der Waals surface area contributed by atoms with Crippen molar-refractivity contribution in [1.29, 1.82) is 0 Å². The van der Waals surface area contributed by atoms with Gasteiger partial charge in [-0.1, -0.05) is 0 Å². The van der Waals surface area contributed by atoms with Crippen molar-refractivity contribution >= 4 is 56.3 Å². The molecule has 0 saturated carbocycles. The number of anilines is 1. The third-order valence-electron chi connectivity index (χ3n) is 1.67. The molecular formula is C9H7IN2OS2. The Labute approximate surface area is 109 Å². The van der Waals surface area contributed by atoms with Crippen LogP contribution in [0.5, 0.6) is 0 Å². The molecule has 0 spiro atoms. The fourth-order valence-electron chi connectivity index (χ4n) is 1.01. The molecular weight excluding hydrogens is 343 g/mol. The highest BCUT2D eigenvalue weighted by Gasteiger charge is 2.09. The van der Waals surface area contributed by atoms with Gasteiger partial charge in [0.15, 0.2) is 5.13 Å². The Balaban J connectivity index is 2.10. The number of halogens is 1. The van der Waals surface area contributed by atoms with Crippen molar-refractivity contribution in [2.24, 2.45) is 0 Å². The second kappa shape index (κ2) is 4.58. The summed E-state index contributed by atoms with van der Waals surface area (Å²) in [5.74, 6) is -0.0940. The minimum absolute atomic E-state index is 0.0940. The SMILES string of the molecule is Cc1cnc(NC(=O)c2csc(I)c2)s1. The summed E-state index contributed by atoms with van der Waals surface area (Å²) < 4.78 is 1.10. The van der Waals surface area contributed by atoms with E-state index in [-0.39, 0.29) is 5.91 Å². The van der Waals surface area contributed by atoms with Gasteiger partial charge >= 0.3 is 0 Å². The molecule has 0 atom stereocenters. The Morgan fingerprint density at radius 1 is 1.60 bits per heavy atom. The van der Waals surface area contributed by atoms with Gasteiger partial charge in [0.2, 0.25) is 0 Å². The standard InChI is InChI=1S/C9H7IN2OS2/c1-5-3-11-9(15-5)12-8(13)6-2-7(10)14-4-6/h2-4H,1H3,(H,11,12,13). The van der Waals surface area contributed by atoms with Crippen LogP contribution in [0.3, 0.4) is 0 Å². The number of aryl methyl sites for hydroxylation is 1. The highest BCUT2D eigenvalue weighted by atomic mass is 127. The number of hydrogen-bond acceptors (Lipinski definition) is 4. The van der Waals surface area contributed by atoms with Gasteiger partial charge in [-0.25, -0.2) is 4.98 Å². The van der Waals surface area contributed by atoms with E-state index in [0.717, 1.165) is 7.76 Å². The topological polar surface area (TPSA) is 42.0 Å². The van der Waals surface area contributed by atoms with Crippen molar-refractivity contribution < 1.29 is 4.79 Å². The van der Waals surface area contributed by atoms with Crippen LogP contribution in [-0.4, -0.2) is 10.9 Å². The number of aromatic nitrogens is 1. The average molecular weight is 350 g/mol. The van der Waals surface area contributed by atoms with Crippen molar-refractivity contribution in [3.05, 3.63) is 31.0 Å². The lowest BCUT2D eigenvalue weighted by Crippen LogP contribution is -2.10. The Hall–Kier alpha value is -0.470. The molecule has 1 amide bonds. The van der Waals surface area contributed by atoms with Crippen LogP contribution in [0.1, 0.15) is 15.2 Å². The number of thiophene rings is 1. The number of nitrogens with zero attached hydrogens (tertiary/aromatic N) is 1. The second-order valence-electron chi connectivity index (χ2n) is 2.87. The van der Waals surface area contributed by atoms with Crippen LogP contribution < -0.4 is 5.32 Å². The first-order valence-electron chi connectivity index (χ1n) is 4.13. The number of hydrogen-bond donors (Lipinski definition) is 1. The second-order valence-corrected chi connectivity index (χ2v) is 6.91. The minimum atomic E-state index is -0.0940. The summed E-state index contributed by atoms with van der Waals surface area (Å²) in [6.45, 7) is 1.96. The van der Waals surface area contributed by atoms with E-state index in [9.17, 15) is 4.79 Å². The van der Waals surface area contributed by atoms with Gasteiger partial charge in [-0.15, -0.1) is 22.7 Å². The lowest BCUT2D eigenvalue weighted by atomic mass is 10.3. The molecule has 0 bridgehead atoms. The van der Waals surface area contributed by atoms with Crippen LogP contribution in [0, 0.1) is 9.81 Å². The number of thiazole rings is 1. The third-order valence-corrected chi connectivity index (χ3v) is 4.29. The molecule has 6 heteroatoms. The molecule has 0 aliphatic heterocycles. The van der Waals surface area contributed by atoms with Gasteiger partial charge in [0.1, 0.15) is 0 Å². The molecule has 2 heterocycles. The summed E-state index contributed by atoms with van der Waals surface area (Å²) in [6.07, 6.45) is 1.75. The van der Waals surface area contributed by atoms with Crippen LogP contribution in [0.15, 0.2) is 17.6 Å². The average Bonchev–Trinajstić information content (AvgIpc) is 2.75. The molecule has 15 heavy (non-hydrogen) atoms. The van der Waals surface area contributed by atoms with Crippen molar-refractivity contribution in [2.45, 2.75) is 6.92 Å². The molecule has 0 aliphatic carbocycles. The van der Waals surface area contributed by atoms with Gasteiger partial charge < -0.3 is 0 Å². The first-order chi connectivity index (χ1) is 7.15. The molecule has 3 nitrogen and oxygen atoms in total. The first kappa shape index (κ1) is 11.0. The van der Waals surface area contributed by atoms with E-state index in [0.29, 0.717) is 10.7 Å². The van der Waals surface area contributed by atoms with Gasteiger partial charge in [-0.05, 0) is 35.6 Å². The van der Waals surface area contributed by atoms with Crippen molar-refractivity contribution in [2.75, 3.05) is 5.32 Å². The maximum atomic E-state index is 11.7. The number of carbonyl (C=O) groups excluding carboxylic acids is 1. The molecule has 2 rings (SSSR count). The molecule has 0 saturated heterocycles. The molecule has 0 radical (unpaired) electrons. The van der Waals surface area contributed by atoms with E-state index >= 15 is 0 Å². The molecule has 0 unspecified atom stereocenters. The van der Waals surface area contributed by atoms with Gasteiger partial charge in [0.25, 0.3) is 5.91 Å². The predicted octanol–water partition coefficient (Wildman–Crippen LogP) is 3.37. The number of nitrogens with one attached hydrogen (secondary N) is 1. The van der Waals surface area contributed by atoms with E-state index in [4.69, 9.17) is 0 Å². The fourth-order valence-corrected chi connectivity index (χ4v) is 3.00. The zero-order chi connectivity index (χ0) is 10.8. The number of amides is 1. The van der Waals surface area contributed by atoms with Gasteiger partial charge in [0.05, 0.1) is 8.45 Å². The summed E-state index contributed by atoms with van der Waals surface area (Å²) in [5.41, 5.74) is 0.692. The van der Waals surface area contributed by atoms with E-state index in [1.807, 2.05) is 18.4 Å². The fraction of sp³-hybridized carbons (Fsp3) is 0.111. The van der Waals surface area contributed by atoms with Crippen molar-refractivity contribution in [1.82, 2.24) is 4.98 Å². The van der Waals surface area contributed by atoms with E-state index in [1.165, 1.54) is 11.3 Å². The van der Waals surface area contributed by atoms with E-state index in [2.05, 4.69) is 32.9 Å². The lowest BCUT2D eigenvalue weighted by Gasteiger charge is -1.97. The van der Waals surface area contributed by atoms with Crippen LogP contribution in [-0.2, 0) is 0 Å². The summed E-state index contributed by atoms with van der Waals surface area (Å²) in [4.78, 5) is 16.9. The van der Waals surface area contributed by atoms with Crippen LogP contribution in [0.4, 0.5) is 5.13 Å². The summed E-state index contributed by atoms with van der Waals surface area (Å²) in [7, 11) is 0. The van der Waals surface area contributed by atoms with Crippen molar-refractivity contribution in [3.8, 4) is 0 Å². The molecule has 78 valence electrons. The molecule has 2 aromatic heterocycles. The highest BCUT2D eigenvalue weighted by molar-refractivity contribution is 14.1. The monoisotopic (exact) mass is 350 g/mol. The number of carbonyl (C=O) groups is 1. The Morgan fingerprint density at radius 2 is 2.40 bits per heavy atom. The summed E-state index contributed by atoms with van der Waals surface area (Å²) in [5, 5.41) is 5.26. The number of rotatable bonds is 2. The highest BCUT2D eigenvalue weighted by Crippen LogP contribution is 2.20. The quantitative estimate of drug-likeness (QED) is 0.844. The predicted molar refractivity (Wildman–Crippen MR) is 71.8 cm³/mol. The molecule has 1 N–H and O–H groups in total. The van der Waals surface area contributed by atoms with Gasteiger partial charge in [0, 0.05) is 16.5 Å². The largest absolute Gasteiger partial charge is 0.298 e. The maximum absolute atomic E-state index is 11.7. The smallest absolute Gasteiger partial charge is 0.258 e. The normalized spacial score (nSPS) is 10.3. The van der Waals surface area contributed by atoms with Crippen molar-refractivity contribution in [3.63, 3.8) is 0 Å². The first-order valence-corrected chi connectivity index (χ1v) is 6.90. The summed E-state index contributed by atoms with van der Waals surface area (Å²) in [6, 6.07) is 1.86. The van der Waals surface area contributed by atoms with Crippen LogP contribution in [0.2, 0.25) is 0 Å². The zero-order valence-electron chi connectivity index (χ0n) is 7.78. The summed E-state index contributed by atoms with van der Waals surface area (Å²) >= 11 is 5.23. The van der Waals surface area contributed by atoms with Crippen LogP contribution in [0.25, 0.3) is 0 Å². The van der Waals surface area contributed by atoms with Gasteiger partial charge in [-0.3, -0.25) is 10.1 Å². The molecule has 0 aromatic carbocycles. The Morgan fingerprint density at radius 3 is 2.93 bits per heavy atom. The van der Waals surface area contributed by atoms with E-state index in [1.54, 1.807) is 17.5 Å². The van der Waals surface area contributed by atoms with Gasteiger partial charge in [-0.2, -0.15) is 0 Å². The lowest BCUT2D eigenvalue weighted by molar-refractivity contribution is 0.102. The third kappa shape index (κ3) is 2.76. The Kier molecular flexibility index (Phi) is 3.37.